The topological polar surface area (TPSA) is 24.4 Å². The van der Waals surface area contributed by atoms with Crippen LogP contribution in [0.15, 0.2) is 53.5 Å². The lowest BCUT2D eigenvalue weighted by molar-refractivity contribution is 0.843. The minimum absolute atomic E-state index is 0.194. The molecule has 2 aromatic carbocycles. The third kappa shape index (κ3) is 2.68. The summed E-state index contributed by atoms with van der Waals surface area (Å²) in [6.45, 7) is 5.05. The largest absolute Gasteiger partial charge is 0.335 e. The fourth-order valence-electron chi connectivity index (χ4n) is 2.60. The van der Waals surface area contributed by atoms with Crippen LogP contribution in [0.1, 0.15) is 25.0 Å². The van der Waals surface area contributed by atoms with Crippen molar-refractivity contribution in [2.24, 2.45) is 4.99 Å². The van der Waals surface area contributed by atoms with Crippen molar-refractivity contribution < 1.29 is 0 Å². The third-order valence-corrected chi connectivity index (χ3v) is 5.19. The highest BCUT2D eigenvalue weighted by atomic mass is 35.5. The molecular weight excluding hydrogens is 300 g/mol. The van der Waals surface area contributed by atoms with E-state index in [0.29, 0.717) is 0 Å². The number of nitrogens with zero attached hydrogens (tertiary/aromatic N) is 1. The van der Waals surface area contributed by atoms with Crippen LogP contribution in [0.2, 0.25) is 5.02 Å². The van der Waals surface area contributed by atoms with Gasteiger partial charge in [0.05, 0.1) is 4.75 Å². The van der Waals surface area contributed by atoms with Gasteiger partial charge in [-0.25, -0.2) is 0 Å². The van der Waals surface area contributed by atoms with E-state index in [1.807, 2.05) is 31.2 Å². The van der Waals surface area contributed by atoms with Crippen LogP contribution in [0.3, 0.4) is 0 Å². The van der Waals surface area contributed by atoms with E-state index >= 15 is 0 Å². The summed E-state index contributed by atoms with van der Waals surface area (Å²) < 4.78 is -0.194. The van der Waals surface area contributed by atoms with Gasteiger partial charge in [0.15, 0.2) is 5.17 Å². The van der Waals surface area contributed by atoms with Crippen molar-refractivity contribution in [3.8, 4) is 0 Å². The second-order valence-corrected chi connectivity index (χ2v) is 6.94. The molecule has 0 bridgehead atoms. The summed E-state index contributed by atoms with van der Waals surface area (Å²) in [5.74, 6) is 0. The summed E-state index contributed by atoms with van der Waals surface area (Å²) >= 11 is 7.96. The molecule has 0 spiro atoms. The van der Waals surface area contributed by atoms with Crippen molar-refractivity contribution in [2.45, 2.75) is 18.6 Å². The zero-order chi connectivity index (χ0) is 14.9. The first-order chi connectivity index (χ1) is 10.1. The number of benzene rings is 2. The van der Waals surface area contributed by atoms with Gasteiger partial charge in [0.1, 0.15) is 0 Å². The zero-order valence-corrected chi connectivity index (χ0v) is 13.6. The zero-order valence-electron chi connectivity index (χ0n) is 12.1. The first-order valence-corrected chi connectivity index (χ1v) is 8.19. The smallest absolute Gasteiger partial charge is 0.162 e. The lowest BCUT2D eigenvalue weighted by Crippen LogP contribution is -2.30. The van der Waals surface area contributed by atoms with E-state index in [0.717, 1.165) is 22.4 Å². The number of thioether (sulfide) groups is 1. The van der Waals surface area contributed by atoms with Gasteiger partial charge in [-0.05, 0) is 43.2 Å². The number of amidine groups is 1. The molecule has 0 amide bonds. The van der Waals surface area contributed by atoms with Gasteiger partial charge in [-0.1, -0.05) is 53.7 Å². The Balaban J connectivity index is 2.19. The number of rotatable bonds is 2. The molecule has 1 aliphatic heterocycles. The van der Waals surface area contributed by atoms with Crippen LogP contribution >= 0.6 is 23.4 Å². The second-order valence-electron chi connectivity index (χ2n) is 5.10. The Morgan fingerprint density at radius 3 is 2.67 bits per heavy atom. The Bertz CT molecular complexity index is 684. The molecule has 0 aromatic heterocycles. The molecule has 3 rings (SSSR count). The molecule has 1 heterocycles. The molecule has 0 saturated carbocycles. The minimum Gasteiger partial charge on any atom is -0.335 e. The van der Waals surface area contributed by atoms with Crippen LogP contribution < -0.4 is 5.32 Å². The Labute approximate surface area is 134 Å². The van der Waals surface area contributed by atoms with Crippen LogP contribution in [0.4, 0.5) is 5.69 Å². The number of anilines is 1. The highest BCUT2D eigenvalue weighted by molar-refractivity contribution is 8.15. The number of hydrogen-bond donors (Lipinski definition) is 1. The van der Waals surface area contributed by atoms with E-state index in [4.69, 9.17) is 11.6 Å². The van der Waals surface area contributed by atoms with Crippen LogP contribution in [0.25, 0.3) is 0 Å². The van der Waals surface area contributed by atoms with Crippen molar-refractivity contribution >= 4 is 34.2 Å². The van der Waals surface area contributed by atoms with Crippen molar-refractivity contribution in [3.63, 3.8) is 0 Å². The van der Waals surface area contributed by atoms with E-state index in [9.17, 15) is 0 Å². The third-order valence-electron chi connectivity index (χ3n) is 3.66. The molecule has 1 atom stereocenters. The van der Waals surface area contributed by atoms with E-state index < -0.39 is 0 Å². The van der Waals surface area contributed by atoms with Crippen LogP contribution in [-0.4, -0.2) is 11.7 Å². The molecular formula is C17H17ClN2S. The van der Waals surface area contributed by atoms with Gasteiger partial charge in [0.2, 0.25) is 0 Å². The first kappa shape index (κ1) is 14.5. The van der Waals surface area contributed by atoms with Crippen molar-refractivity contribution in [1.82, 2.24) is 0 Å². The molecule has 21 heavy (non-hydrogen) atoms. The average Bonchev–Trinajstić information content (AvgIpc) is 2.49. The van der Waals surface area contributed by atoms with Gasteiger partial charge in [0, 0.05) is 17.3 Å². The summed E-state index contributed by atoms with van der Waals surface area (Å²) in [7, 11) is 0. The maximum atomic E-state index is 6.22. The van der Waals surface area contributed by atoms with Gasteiger partial charge < -0.3 is 5.32 Å². The molecule has 0 fully saturated rings. The number of halogens is 1. The minimum atomic E-state index is -0.194. The first-order valence-electron chi connectivity index (χ1n) is 6.99. The number of aliphatic imine (C=N–C) groups is 1. The summed E-state index contributed by atoms with van der Waals surface area (Å²) in [6.07, 6.45) is 0. The van der Waals surface area contributed by atoms with Gasteiger partial charge in [-0.3, -0.25) is 4.99 Å². The predicted molar refractivity (Wildman–Crippen MR) is 93.5 cm³/mol. The van der Waals surface area contributed by atoms with Gasteiger partial charge in [-0.15, -0.1) is 0 Å². The van der Waals surface area contributed by atoms with Crippen molar-refractivity contribution in [2.75, 3.05) is 11.9 Å². The van der Waals surface area contributed by atoms with E-state index in [1.165, 1.54) is 11.1 Å². The molecule has 1 unspecified atom stereocenters. The maximum absolute atomic E-state index is 6.22. The fourth-order valence-corrected chi connectivity index (χ4v) is 4.04. The maximum Gasteiger partial charge on any atom is 0.162 e. The van der Waals surface area contributed by atoms with Crippen LogP contribution in [0, 0.1) is 0 Å². The van der Waals surface area contributed by atoms with Crippen molar-refractivity contribution in [3.05, 3.63) is 64.7 Å². The molecule has 4 heteroatoms. The van der Waals surface area contributed by atoms with Crippen LogP contribution in [0.5, 0.6) is 0 Å². The number of nitrogens with one attached hydrogen (secondary N) is 1. The van der Waals surface area contributed by atoms with Gasteiger partial charge in [0.25, 0.3) is 0 Å². The Hall–Kier alpha value is -1.45. The number of hydrogen-bond acceptors (Lipinski definition) is 2. The molecule has 0 aliphatic carbocycles. The highest BCUT2D eigenvalue weighted by Gasteiger charge is 2.37. The summed E-state index contributed by atoms with van der Waals surface area (Å²) in [5.41, 5.74) is 3.53. The van der Waals surface area contributed by atoms with Crippen LogP contribution in [-0.2, 0) is 4.75 Å². The Morgan fingerprint density at radius 2 is 1.95 bits per heavy atom. The monoisotopic (exact) mass is 316 g/mol. The van der Waals surface area contributed by atoms with Crippen molar-refractivity contribution in [1.29, 1.82) is 0 Å². The molecule has 0 radical (unpaired) electrons. The summed E-state index contributed by atoms with van der Waals surface area (Å²) in [6, 6.07) is 16.5. The molecule has 1 N–H and O–H groups in total. The molecule has 108 valence electrons. The SMILES string of the molecule is CCN=C1Nc2ccc(Cl)cc2C(C)(c2ccccc2)S1. The van der Waals surface area contributed by atoms with Gasteiger partial charge >= 0.3 is 0 Å². The van der Waals surface area contributed by atoms with Gasteiger partial charge in [-0.2, -0.15) is 0 Å². The molecule has 0 saturated heterocycles. The Kier molecular flexibility index (Phi) is 3.96. The normalized spacial score (nSPS) is 22.7. The predicted octanol–water partition coefficient (Wildman–Crippen LogP) is 5.14. The molecule has 2 nitrogen and oxygen atoms in total. The van der Waals surface area contributed by atoms with E-state index in [2.05, 4.69) is 41.5 Å². The van der Waals surface area contributed by atoms with E-state index in [1.54, 1.807) is 11.8 Å². The Morgan fingerprint density at radius 1 is 1.19 bits per heavy atom. The molecule has 2 aromatic rings. The summed E-state index contributed by atoms with van der Waals surface area (Å²) in [5, 5.41) is 5.12. The second kappa shape index (κ2) is 5.74. The lowest BCUT2D eigenvalue weighted by Gasteiger charge is -2.37. The quantitative estimate of drug-likeness (QED) is 0.829. The number of fused-ring (bicyclic) bond motifs is 1. The van der Waals surface area contributed by atoms with E-state index in [-0.39, 0.29) is 4.75 Å². The molecule has 1 aliphatic rings. The summed E-state index contributed by atoms with van der Waals surface area (Å²) in [4.78, 5) is 4.56. The standard InChI is InChI=1S/C17H17ClN2S/c1-3-19-16-20-15-10-9-13(18)11-14(15)17(2,21-16)12-7-5-4-6-8-12/h4-11H,3H2,1-2H3,(H,19,20). The highest BCUT2D eigenvalue weighted by Crippen LogP contribution is 2.49. The fraction of sp³-hybridized carbons (Fsp3) is 0.235. The average molecular weight is 317 g/mol. The lowest BCUT2D eigenvalue weighted by atomic mass is 9.90.